The predicted molar refractivity (Wildman–Crippen MR) is 119 cm³/mol. The fourth-order valence-electron chi connectivity index (χ4n) is 4.63. The van der Waals surface area contributed by atoms with E-state index in [2.05, 4.69) is 4.98 Å². The molecule has 2 N–H and O–H groups in total. The van der Waals surface area contributed by atoms with E-state index in [1.165, 1.54) is 4.57 Å². The molecular formula is C24H24N4O3. The number of aliphatic hydroxyl groups excluding tert-OH is 1. The third-order valence-corrected chi connectivity index (χ3v) is 6.10. The molecule has 0 radical (unpaired) electrons. The Kier molecular flexibility index (Phi) is 5.03. The number of aromatic amines is 1. The Morgan fingerprint density at radius 2 is 1.90 bits per heavy atom. The van der Waals surface area contributed by atoms with E-state index in [0.717, 1.165) is 29.3 Å². The number of nitrogens with zero attached hydrogens (tertiary/aromatic N) is 3. The SMILES string of the molecule is O=C(Cc1c[nH]c2ccccc12)N1CCCC1c1nc2ccccc2c(=O)n1CCO. The first-order valence-electron chi connectivity index (χ1n) is 10.6. The number of carbonyl (C=O) groups excluding carboxylic acids is 1. The Hall–Kier alpha value is -3.45. The van der Waals surface area contributed by atoms with Gasteiger partial charge in [-0.2, -0.15) is 0 Å². The molecule has 1 aliphatic rings. The van der Waals surface area contributed by atoms with Crippen LogP contribution in [0.3, 0.4) is 0 Å². The van der Waals surface area contributed by atoms with Crippen molar-refractivity contribution < 1.29 is 9.90 Å². The molecule has 1 amide bonds. The predicted octanol–water partition coefficient (Wildman–Crippen LogP) is 2.78. The molecule has 31 heavy (non-hydrogen) atoms. The zero-order chi connectivity index (χ0) is 21.4. The van der Waals surface area contributed by atoms with Crippen LogP contribution in [0.4, 0.5) is 0 Å². The summed E-state index contributed by atoms with van der Waals surface area (Å²) in [6.07, 6.45) is 3.78. The van der Waals surface area contributed by atoms with E-state index in [4.69, 9.17) is 4.98 Å². The molecule has 1 atom stereocenters. The van der Waals surface area contributed by atoms with Gasteiger partial charge in [-0.1, -0.05) is 30.3 Å². The zero-order valence-corrected chi connectivity index (χ0v) is 17.1. The van der Waals surface area contributed by atoms with Crippen molar-refractivity contribution in [1.82, 2.24) is 19.4 Å². The van der Waals surface area contributed by atoms with Gasteiger partial charge in [-0.3, -0.25) is 14.2 Å². The Morgan fingerprint density at radius 1 is 1.13 bits per heavy atom. The summed E-state index contributed by atoms with van der Waals surface area (Å²) >= 11 is 0. The molecule has 0 aliphatic carbocycles. The number of likely N-dealkylation sites (tertiary alicyclic amines) is 1. The Morgan fingerprint density at radius 3 is 2.74 bits per heavy atom. The van der Waals surface area contributed by atoms with Crippen molar-refractivity contribution in [2.75, 3.05) is 13.2 Å². The number of benzene rings is 2. The van der Waals surface area contributed by atoms with E-state index in [0.29, 0.717) is 29.7 Å². The molecule has 1 fully saturated rings. The maximum absolute atomic E-state index is 13.3. The second-order valence-electron chi connectivity index (χ2n) is 7.95. The van der Waals surface area contributed by atoms with Crippen molar-refractivity contribution in [1.29, 1.82) is 0 Å². The number of carbonyl (C=O) groups is 1. The van der Waals surface area contributed by atoms with E-state index in [1.807, 2.05) is 47.5 Å². The molecule has 7 heteroatoms. The van der Waals surface area contributed by atoms with Gasteiger partial charge in [0, 0.05) is 23.6 Å². The molecule has 3 heterocycles. The molecule has 4 aromatic rings. The third kappa shape index (κ3) is 3.41. The van der Waals surface area contributed by atoms with E-state index >= 15 is 0 Å². The topological polar surface area (TPSA) is 91.2 Å². The van der Waals surface area contributed by atoms with Crippen LogP contribution in [-0.2, 0) is 17.8 Å². The highest BCUT2D eigenvalue weighted by atomic mass is 16.3. The van der Waals surface area contributed by atoms with Gasteiger partial charge < -0.3 is 15.0 Å². The van der Waals surface area contributed by atoms with Crippen LogP contribution in [0.15, 0.2) is 59.5 Å². The van der Waals surface area contributed by atoms with Gasteiger partial charge in [0.25, 0.3) is 5.56 Å². The van der Waals surface area contributed by atoms with Gasteiger partial charge in [0.2, 0.25) is 5.91 Å². The number of hydrogen-bond donors (Lipinski definition) is 2. The second kappa shape index (κ2) is 8.00. The van der Waals surface area contributed by atoms with E-state index in [9.17, 15) is 14.7 Å². The smallest absolute Gasteiger partial charge is 0.261 e. The van der Waals surface area contributed by atoms with Crippen molar-refractivity contribution in [3.63, 3.8) is 0 Å². The van der Waals surface area contributed by atoms with Crippen LogP contribution in [0.5, 0.6) is 0 Å². The van der Waals surface area contributed by atoms with Crippen molar-refractivity contribution in [2.45, 2.75) is 31.8 Å². The summed E-state index contributed by atoms with van der Waals surface area (Å²) in [7, 11) is 0. The summed E-state index contributed by atoms with van der Waals surface area (Å²) in [6.45, 7) is 0.629. The van der Waals surface area contributed by atoms with Crippen LogP contribution in [0.25, 0.3) is 21.8 Å². The minimum Gasteiger partial charge on any atom is -0.395 e. The molecule has 0 bridgehead atoms. The quantitative estimate of drug-likeness (QED) is 0.523. The van der Waals surface area contributed by atoms with Crippen molar-refractivity contribution in [3.05, 3.63) is 76.5 Å². The Labute approximate surface area is 179 Å². The minimum atomic E-state index is -0.276. The average molecular weight is 416 g/mol. The van der Waals surface area contributed by atoms with Gasteiger partial charge in [-0.25, -0.2) is 4.98 Å². The Bertz CT molecular complexity index is 1320. The molecule has 2 aromatic heterocycles. The summed E-state index contributed by atoms with van der Waals surface area (Å²) in [4.78, 5) is 36.2. The molecule has 1 saturated heterocycles. The first-order valence-corrected chi connectivity index (χ1v) is 10.6. The second-order valence-corrected chi connectivity index (χ2v) is 7.95. The average Bonchev–Trinajstić information content (AvgIpc) is 3.43. The maximum Gasteiger partial charge on any atom is 0.261 e. The zero-order valence-electron chi connectivity index (χ0n) is 17.1. The van der Waals surface area contributed by atoms with Gasteiger partial charge >= 0.3 is 0 Å². The van der Waals surface area contributed by atoms with Crippen molar-refractivity contribution >= 4 is 27.7 Å². The van der Waals surface area contributed by atoms with Crippen molar-refractivity contribution in [2.24, 2.45) is 0 Å². The molecule has 2 aromatic carbocycles. The molecule has 5 rings (SSSR count). The van der Waals surface area contributed by atoms with Crippen LogP contribution in [0.1, 0.15) is 30.3 Å². The molecule has 158 valence electrons. The summed E-state index contributed by atoms with van der Waals surface area (Å²) in [6, 6.07) is 14.9. The van der Waals surface area contributed by atoms with Crippen LogP contribution >= 0.6 is 0 Å². The number of amides is 1. The highest BCUT2D eigenvalue weighted by Gasteiger charge is 2.33. The molecule has 1 aliphatic heterocycles. The first-order chi connectivity index (χ1) is 15.2. The minimum absolute atomic E-state index is 0.0187. The number of fused-ring (bicyclic) bond motifs is 2. The molecule has 0 saturated carbocycles. The number of H-pyrrole nitrogens is 1. The molecule has 7 nitrogen and oxygen atoms in total. The number of aliphatic hydroxyl groups is 1. The van der Waals surface area contributed by atoms with Gasteiger partial charge in [0.1, 0.15) is 5.82 Å². The number of hydrogen-bond acceptors (Lipinski definition) is 4. The molecule has 1 unspecified atom stereocenters. The summed E-state index contributed by atoms with van der Waals surface area (Å²) in [5.41, 5.74) is 2.42. The lowest BCUT2D eigenvalue weighted by atomic mass is 10.1. The lowest BCUT2D eigenvalue weighted by Crippen LogP contribution is -2.36. The van der Waals surface area contributed by atoms with Crippen molar-refractivity contribution in [3.8, 4) is 0 Å². The summed E-state index contributed by atoms with van der Waals surface area (Å²) in [5.74, 6) is 0.577. The van der Waals surface area contributed by atoms with Crippen LogP contribution in [0, 0.1) is 0 Å². The van der Waals surface area contributed by atoms with E-state index in [-0.39, 0.29) is 30.7 Å². The van der Waals surface area contributed by atoms with Gasteiger partial charge in [-0.15, -0.1) is 0 Å². The highest BCUT2D eigenvalue weighted by molar-refractivity contribution is 5.89. The number of rotatable bonds is 5. The van der Waals surface area contributed by atoms with Crippen LogP contribution in [-0.4, -0.2) is 43.6 Å². The van der Waals surface area contributed by atoms with Gasteiger partial charge in [-0.05, 0) is 36.6 Å². The first kappa shape index (κ1) is 19.5. The fraction of sp³-hybridized carbons (Fsp3) is 0.292. The summed E-state index contributed by atoms with van der Waals surface area (Å²) < 4.78 is 1.53. The van der Waals surface area contributed by atoms with Gasteiger partial charge in [0.05, 0.1) is 36.5 Å². The summed E-state index contributed by atoms with van der Waals surface area (Å²) in [5, 5.41) is 11.1. The maximum atomic E-state index is 13.3. The standard InChI is InChI=1S/C24H24N4O3/c29-13-12-28-23(26-20-9-4-2-7-18(20)24(28)31)21-10-5-11-27(21)22(30)14-16-15-25-19-8-3-1-6-17(16)19/h1-4,6-9,15,21,25,29H,5,10-14H2. The Balaban J connectivity index is 1.51. The fourth-order valence-corrected chi connectivity index (χ4v) is 4.63. The number of para-hydroxylation sites is 2. The van der Waals surface area contributed by atoms with E-state index in [1.54, 1.807) is 12.1 Å². The normalized spacial score (nSPS) is 16.4. The van der Waals surface area contributed by atoms with Crippen LogP contribution in [0.2, 0.25) is 0 Å². The largest absolute Gasteiger partial charge is 0.395 e. The molecule has 0 spiro atoms. The lowest BCUT2D eigenvalue weighted by Gasteiger charge is -2.26. The molecular weight excluding hydrogens is 392 g/mol. The third-order valence-electron chi connectivity index (χ3n) is 6.10. The highest BCUT2D eigenvalue weighted by Crippen LogP contribution is 2.32. The van der Waals surface area contributed by atoms with Crippen LogP contribution < -0.4 is 5.56 Å². The monoisotopic (exact) mass is 416 g/mol. The number of nitrogens with one attached hydrogen (secondary N) is 1. The van der Waals surface area contributed by atoms with E-state index < -0.39 is 0 Å². The van der Waals surface area contributed by atoms with Gasteiger partial charge in [0.15, 0.2) is 0 Å². The lowest BCUT2D eigenvalue weighted by molar-refractivity contribution is -0.131. The number of aromatic nitrogens is 3.